The number of aliphatic hydroxyl groups is 1. The van der Waals surface area contributed by atoms with Crippen molar-refractivity contribution in [1.29, 1.82) is 0 Å². The molecular formula is C24H22N2O4. The van der Waals surface area contributed by atoms with Crippen LogP contribution in [0.1, 0.15) is 39.8 Å². The average Bonchev–Trinajstić information content (AvgIpc) is 3.26. The number of rotatable bonds is 4. The van der Waals surface area contributed by atoms with Gasteiger partial charge in [0.1, 0.15) is 23.3 Å². The molecule has 1 amide bonds. The first kappa shape index (κ1) is 19.6. The quantitative estimate of drug-likeness (QED) is 0.401. The molecule has 0 radical (unpaired) electrons. The van der Waals surface area contributed by atoms with Gasteiger partial charge in [0.25, 0.3) is 11.7 Å². The van der Waals surface area contributed by atoms with Crippen molar-refractivity contribution in [2.45, 2.75) is 33.4 Å². The smallest absolute Gasteiger partial charge is 0.296 e. The highest BCUT2D eigenvalue weighted by atomic mass is 16.3. The van der Waals surface area contributed by atoms with Gasteiger partial charge in [-0.25, -0.2) is 0 Å². The lowest BCUT2D eigenvalue weighted by Crippen LogP contribution is -2.29. The maximum atomic E-state index is 13.0. The van der Waals surface area contributed by atoms with Gasteiger partial charge in [-0.2, -0.15) is 0 Å². The van der Waals surface area contributed by atoms with Crippen molar-refractivity contribution in [2.75, 3.05) is 0 Å². The molecule has 6 heteroatoms. The van der Waals surface area contributed by atoms with Gasteiger partial charge < -0.3 is 14.4 Å². The molecule has 4 rings (SSSR count). The summed E-state index contributed by atoms with van der Waals surface area (Å²) in [6.07, 6.45) is 3.29. The second-order valence-corrected chi connectivity index (χ2v) is 7.56. The molecule has 30 heavy (non-hydrogen) atoms. The molecule has 1 aromatic carbocycles. The van der Waals surface area contributed by atoms with Gasteiger partial charge in [-0.1, -0.05) is 23.8 Å². The molecule has 1 atom stereocenters. The summed E-state index contributed by atoms with van der Waals surface area (Å²) in [6.45, 7) is 5.73. The molecule has 3 heterocycles. The van der Waals surface area contributed by atoms with Crippen LogP contribution in [0.5, 0.6) is 0 Å². The van der Waals surface area contributed by atoms with E-state index in [9.17, 15) is 14.7 Å². The molecule has 0 aliphatic carbocycles. The zero-order chi connectivity index (χ0) is 21.4. The number of Topliss-reactive ketones (excluding diaryl/α,β-unsaturated/α-hetero) is 1. The fourth-order valence-electron chi connectivity index (χ4n) is 3.76. The topological polar surface area (TPSA) is 83.6 Å². The Hall–Kier alpha value is -3.67. The highest BCUT2D eigenvalue weighted by Crippen LogP contribution is 2.41. The standard InChI is InChI=1S/C24H22N2O4/c1-14-6-7-15(2)18(11-14)22(27)20-21(19-9-8-16(3)30-19)26(24(29)23(20)28)13-17-5-4-10-25-12-17/h4-12,21,27H,13H2,1-3H3. The van der Waals surface area contributed by atoms with Gasteiger partial charge in [0.05, 0.1) is 5.57 Å². The van der Waals surface area contributed by atoms with Crippen LogP contribution in [0.15, 0.2) is 64.8 Å². The largest absolute Gasteiger partial charge is 0.507 e. The summed E-state index contributed by atoms with van der Waals surface area (Å²) in [5.41, 5.74) is 3.09. The molecule has 1 N–H and O–H groups in total. The van der Waals surface area contributed by atoms with E-state index in [2.05, 4.69) is 4.98 Å². The van der Waals surface area contributed by atoms with E-state index in [1.54, 1.807) is 37.5 Å². The van der Waals surface area contributed by atoms with Crippen molar-refractivity contribution >= 4 is 17.4 Å². The number of likely N-dealkylation sites (tertiary alicyclic amines) is 1. The first-order valence-corrected chi connectivity index (χ1v) is 9.68. The van der Waals surface area contributed by atoms with Gasteiger partial charge in [0.2, 0.25) is 0 Å². The normalized spacial score (nSPS) is 18.2. The molecule has 0 bridgehead atoms. The van der Waals surface area contributed by atoms with Gasteiger partial charge in [-0.3, -0.25) is 14.6 Å². The molecule has 0 saturated carbocycles. The highest BCUT2D eigenvalue weighted by Gasteiger charge is 2.47. The average molecular weight is 402 g/mol. The Morgan fingerprint density at radius 2 is 1.93 bits per heavy atom. The zero-order valence-corrected chi connectivity index (χ0v) is 17.0. The van der Waals surface area contributed by atoms with E-state index in [1.165, 1.54) is 4.90 Å². The second-order valence-electron chi connectivity index (χ2n) is 7.56. The number of aromatic nitrogens is 1. The van der Waals surface area contributed by atoms with E-state index >= 15 is 0 Å². The van der Waals surface area contributed by atoms with Crippen LogP contribution in [0.25, 0.3) is 5.76 Å². The molecule has 0 spiro atoms. The summed E-state index contributed by atoms with van der Waals surface area (Å²) in [4.78, 5) is 31.5. The number of aryl methyl sites for hydroxylation is 3. The number of amides is 1. The van der Waals surface area contributed by atoms with Gasteiger partial charge in [-0.15, -0.1) is 0 Å². The number of aliphatic hydroxyl groups excluding tert-OH is 1. The van der Waals surface area contributed by atoms with Gasteiger partial charge in [-0.05, 0) is 56.2 Å². The number of nitrogens with zero attached hydrogens (tertiary/aromatic N) is 2. The first-order chi connectivity index (χ1) is 14.4. The van der Waals surface area contributed by atoms with Crippen LogP contribution < -0.4 is 0 Å². The second kappa shape index (κ2) is 7.63. The van der Waals surface area contributed by atoms with Crippen LogP contribution in [0.2, 0.25) is 0 Å². The highest BCUT2D eigenvalue weighted by molar-refractivity contribution is 6.46. The van der Waals surface area contributed by atoms with Crippen molar-refractivity contribution in [2.24, 2.45) is 0 Å². The van der Waals surface area contributed by atoms with Crippen molar-refractivity contribution in [3.63, 3.8) is 0 Å². The fourth-order valence-corrected chi connectivity index (χ4v) is 3.76. The van der Waals surface area contributed by atoms with Crippen LogP contribution in [-0.2, 0) is 16.1 Å². The Bertz CT molecular complexity index is 1160. The molecule has 3 aromatic rings. The third kappa shape index (κ3) is 3.41. The lowest BCUT2D eigenvalue weighted by atomic mass is 9.96. The predicted octanol–water partition coefficient (Wildman–Crippen LogP) is 4.22. The fraction of sp³-hybridized carbons (Fsp3) is 0.208. The van der Waals surface area contributed by atoms with Gasteiger partial charge >= 0.3 is 0 Å². The van der Waals surface area contributed by atoms with Crippen molar-refractivity contribution in [3.8, 4) is 0 Å². The Labute approximate surface area is 174 Å². The first-order valence-electron chi connectivity index (χ1n) is 9.68. The minimum absolute atomic E-state index is 0.0342. The van der Waals surface area contributed by atoms with E-state index < -0.39 is 17.7 Å². The summed E-state index contributed by atoms with van der Waals surface area (Å²) in [6, 6.07) is 11.9. The molecule has 1 fully saturated rings. The summed E-state index contributed by atoms with van der Waals surface area (Å²) in [5, 5.41) is 11.2. The monoisotopic (exact) mass is 402 g/mol. The van der Waals surface area contributed by atoms with E-state index in [-0.39, 0.29) is 17.9 Å². The third-order valence-electron chi connectivity index (χ3n) is 5.29. The lowest BCUT2D eigenvalue weighted by molar-refractivity contribution is -0.140. The molecule has 152 valence electrons. The van der Waals surface area contributed by atoms with Crippen LogP contribution in [-0.4, -0.2) is 26.7 Å². The zero-order valence-electron chi connectivity index (χ0n) is 17.0. The molecule has 1 unspecified atom stereocenters. The van der Waals surface area contributed by atoms with E-state index in [0.717, 1.165) is 16.7 Å². The minimum atomic E-state index is -0.821. The van der Waals surface area contributed by atoms with E-state index in [1.807, 2.05) is 38.1 Å². The molecule has 2 aromatic heterocycles. The lowest BCUT2D eigenvalue weighted by Gasteiger charge is -2.23. The maximum Gasteiger partial charge on any atom is 0.296 e. The van der Waals surface area contributed by atoms with Gasteiger partial charge in [0.15, 0.2) is 0 Å². The summed E-state index contributed by atoms with van der Waals surface area (Å²) in [7, 11) is 0. The summed E-state index contributed by atoms with van der Waals surface area (Å²) in [5.74, 6) is -0.505. The van der Waals surface area contributed by atoms with Crippen LogP contribution in [0.4, 0.5) is 0 Å². The van der Waals surface area contributed by atoms with Crippen LogP contribution in [0.3, 0.4) is 0 Å². The van der Waals surface area contributed by atoms with Crippen LogP contribution >= 0.6 is 0 Å². The molecule has 6 nitrogen and oxygen atoms in total. The summed E-state index contributed by atoms with van der Waals surface area (Å²) >= 11 is 0. The molecule has 1 aliphatic rings. The van der Waals surface area contributed by atoms with Crippen LogP contribution in [0, 0.1) is 20.8 Å². The van der Waals surface area contributed by atoms with Crippen molar-refractivity contribution < 1.29 is 19.1 Å². The Balaban J connectivity index is 1.89. The number of hydrogen-bond donors (Lipinski definition) is 1. The number of benzene rings is 1. The number of carbonyl (C=O) groups excluding carboxylic acids is 2. The number of ketones is 1. The Kier molecular flexibility index (Phi) is 4.99. The van der Waals surface area contributed by atoms with Gasteiger partial charge in [0, 0.05) is 24.5 Å². The maximum absolute atomic E-state index is 13.0. The number of carbonyl (C=O) groups is 2. The Morgan fingerprint density at radius 3 is 2.60 bits per heavy atom. The minimum Gasteiger partial charge on any atom is -0.507 e. The predicted molar refractivity (Wildman–Crippen MR) is 111 cm³/mol. The molecule has 1 aliphatic heterocycles. The Morgan fingerprint density at radius 1 is 1.13 bits per heavy atom. The number of hydrogen-bond acceptors (Lipinski definition) is 5. The number of pyridine rings is 1. The van der Waals surface area contributed by atoms with Crippen molar-refractivity contribution in [3.05, 3.63) is 94.2 Å². The van der Waals surface area contributed by atoms with Crippen molar-refractivity contribution in [1.82, 2.24) is 9.88 Å². The SMILES string of the molecule is Cc1ccc(C)c(C(O)=C2C(=O)C(=O)N(Cc3cccnc3)C2c2ccc(C)o2)c1. The number of furan rings is 1. The molecule has 1 saturated heterocycles. The third-order valence-corrected chi connectivity index (χ3v) is 5.29. The summed E-state index contributed by atoms with van der Waals surface area (Å²) < 4.78 is 5.80. The molecular weight excluding hydrogens is 380 g/mol. The van der Waals surface area contributed by atoms with E-state index in [4.69, 9.17) is 4.42 Å². The van der Waals surface area contributed by atoms with E-state index in [0.29, 0.717) is 17.1 Å².